The average Bonchev–Trinajstić information content (AvgIpc) is 3.09. The van der Waals surface area contributed by atoms with Gasteiger partial charge in [0.25, 0.3) is 0 Å². The van der Waals surface area contributed by atoms with E-state index in [2.05, 4.69) is 5.32 Å². The maximum Gasteiger partial charge on any atom is 0.408 e. The van der Waals surface area contributed by atoms with Gasteiger partial charge < -0.3 is 14.8 Å². The van der Waals surface area contributed by atoms with Crippen molar-refractivity contribution in [3.63, 3.8) is 0 Å². The van der Waals surface area contributed by atoms with Crippen molar-refractivity contribution in [3.05, 3.63) is 89.5 Å². The van der Waals surface area contributed by atoms with Crippen LogP contribution in [-0.2, 0) is 4.74 Å². The largest absolute Gasteiger partial charge is 0.497 e. The number of benzene rings is 3. The van der Waals surface area contributed by atoms with Crippen molar-refractivity contribution in [3.8, 4) is 16.9 Å². The molecule has 0 radical (unpaired) electrons. The fourth-order valence-corrected chi connectivity index (χ4v) is 3.39. The van der Waals surface area contributed by atoms with Crippen LogP contribution < -0.4 is 10.1 Å². The third-order valence-corrected chi connectivity index (χ3v) is 4.67. The van der Waals surface area contributed by atoms with Gasteiger partial charge in [-0.05, 0) is 52.6 Å². The van der Waals surface area contributed by atoms with E-state index in [9.17, 15) is 13.6 Å². The second kappa shape index (κ2) is 7.31. The highest BCUT2D eigenvalue weighted by Gasteiger charge is 2.36. The number of ether oxygens (including phenoxy) is 2. The van der Waals surface area contributed by atoms with Gasteiger partial charge in [0.15, 0.2) is 6.10 Å². The van der Waals surface area contributed by atoms with E-state index in [0.717, 1.165) is 17.2 Å². The molecule has 1 N–H and O–H groups in total. The van der Waals surface area contributed by atoms with E-state index in [0.29, 0.717) is 16.9 Å². The fourth-order valence-electron chi connectivity index (χ4n) is 3.39. The van der Waals surface area contributed by atoms with Gasteiger partial charge in [-0.15, -0.1) is 0 Å². The third-order valence-electron chi connectivity index (χ3n) is 4.67. The SMILES string of the molecule is COc1cccc([C@H]2OC(=O)N[C@@H]2c2cccc(-c3cc(F)cc(F)c3)c2)c1. The first-order chi connectivity index (χ1) is 13.5. The van der Waals surface area contributed by atoms with Crippen LogP contribution in [-0.4, -0.2) is 13.2 Å². The molecule has 1 heterocycles. The second-order valence-corrected chi connectivity index (χ2v) is 6.51. The number of carbonyl (C=O) groups is 1. The smallest absolute Gasteiger partial charge is 0.408 e. The molecule has 0 aromatic heterocycles. The predicted molar refractivity (Wildman–Crippen MR) is 99.9 cm³/mol. The highest BCUT2D eigenvalue weighted by atomic mass is 19.1. The van der Waals surface area contributed by atoms with Gasteiger partial charge in [-0.3, -0.25) is 0 Å². The molecule has 0 saturated carbocycles. The summed E-state index contributed by atoms with van der Waals surface area (Å²) in [5, 5.41) is 2.81. The molecule has 1 saturated heterocycles. The van der Waals surface area contributed by atoms with Crippen LogP contribution in [0, 0.1) is 11.6 Å². The molecule has 1 amide bonds. The highest BCUT2D eigenvalue weighted by molar-refractivity contribution is 5.72. The van der Waals surface area contributed by atoms with E-state index < -0.39 is 29.9 Å². The molecule has 1 aliphatic rings. The molecule has 0 aliphatic carbocycles. The quantitative estimate of drug-likeness (QED) is 0.679. The number of halogens is 2. The predicted octanol–water partition coefficient (Wildman–Crippen LogP) is 5.16. The molecule has 2 atom stereocenters. The van der Waals surface area contributed by atoms with Crippen molar-refractivity contribution < 1.29 is 23.0 Å². The van der Waals surface area contributed by atoms with Crippen LogP contribution in [0.1, 0.15) is 23.3 Å². The molecule has 1 aliphatic heterocycles. The van der Waals surface area contributed by atoms with Crippen LogP contribution in [0.2, 0.25) is 0 Å². The summed E-state index contributed by atoms with van der Waals surface area (Å²) >= 11 is 0. The highest BCUT2D eigenvalue weighted by Crippen LogP contribution is 2.38. The minimum atomic E-state index is -0.646. The third kappa shape index (κ3) is 3.53. The van der Waals surface area contributed by atoms with E-state index in [4.69, 9.17) is 9.47 Å². The lowest BCUT2D eigenvalue weighted by molar-refractivity contribution is 0.132. The molecule has 6 heteroatoms. The summed E-state index contributed by atoms with van der Waals surface area (Å²) in [6, 6.07) is 17.4. The van der Waals surface area contributed by atoms with Crippen LogP contribution in [0.3, 0.4) is 0 Å². The number of nitrogens with one attached hydrogen (secondary N) is 1. The Balaban J connectivity index is 1.71. The Morgan fingerprint density at radius 2 is 1.61 bits per heavy atom. The zero-order valence-corrected chi connectivity index (χ0v) is 15.0. The second-order valence-electron chi connectivity index (χ2n) is 6.51. The lowest BCUT2D eigenvalue weighted by Gasteiger charge is -2.19. The van der Waals surface area contributed by atoms with E-state index in [1.165, 1.54) is 12.1 Å². The Labute approximate surface area is 160 Å². The molecule has 0 spiro atoms. The molecule has 28 heavy (non-hydrogen) atoms. The summed E-state index contributed by atoms with van der Waals surface area (Å²) in [7, 11) is 1.57. The lowest BCUT2D eigenvalue weighted by atomic mass is 9.93. The van der Waals surface area contributed by atoms with Gasteiger partial charge >= 0.3 is 6.09 Å². The van der Waals surface area contributed by atoms with Crippen LogP contribution in [0.5, 0.6) is 5.75 Å². The Hall–Kier alpha value is -3.41. The summed E-state index contributed by atoms with van der Waals surface area (Å²) in [5.41, 5.74) is 2.61. The summed E-state index contributed by atoms with van der Waals surface area (Å²) in [6.45, 7) is 0. The van der Waals surface area contributed by atoms with Crippen molar-refractivity contribution >= 4 is 6.09 Å². The van der Waals surface area contributed by atoms with Gasteiger partial charge in [0.2, 0.25) is 0 Å². The summed E-state index contributed by atoms with van der Waals surface area (Å²) in [5.74, 6) is -0.637. The fraction of sp³-hybridized carbons (Fsp3) is 0.136. The summed E-state index contributed by atoms with van der Waals surface area (Å²) in [6.07, 6.45) is -1.08. The Morgan fingerprint density at radius 3 is 2.36 bits per heavy atom. The monoisotopic (exact) mass is 381 g/mol. The first-order valence-corrected chi connectivity index (χ1v) is 8.71. The van der Waals surface area contributed by atoms with Crippen molar-refractivity contribution in [1.82, 2.24) is 5.32 Å². The molecule has 3 aromatic carbocycles. The van der Waals surface area contributed by atoms with Gasteiger partial charge in [-0.1, -0.05) is 30.3 Å². The number of alkyl carbamates (subject to hydrolysis) is 1. The number of hydrogen-bond donors (Lipinski definition) is 1. The molecule has 142 valence electrons. The van der Waals surface area contributed by atoms with E-state index >= 15 is 0 Å². The summed E-state index contributed by atoms with van der Waals surface area (Å²) in [4.78, 5) is 11.9. The van der Waals surface area contributed by atoms with E-state index in [-0.39, 0.29) is 0 Å². The topological polar surface area (TPSA) is 47.6 Å². The van der Waals surface area contributed by atoms with E-state index in [1.54, 1.807) is 25.3 Å². The molecular formula is C22H17F2NO3. The van der Waals surface area contributed by atoms with Gasteiger partial charge in [-0.2, -0.15) is 0 Å². The molecule has 3 aromatic rings. The number of carbonyl (C=O) groups excluding carboxylic acids is 1. The normalized spacial score (nSPS) is 18.5. The number of rotatable bonds is 4. The van der Waals surface area contributed by atoms with Crippen LogP contribution >= 0.6 is 0 Å². The lowest BCUT2D eigenvalue weighted by Crippen LogP contribution is -2.19. The maximum absolute atomic E-state index is 13.6. The van der Waals surface area contributed by atoms with E-state index in [1.807, 2.05) is 30.3 Å². The van der Waals surface area contributed by atoms with Crippen LogP contribution in [0.4, 0.5) is 13.6 Å². The molecule has 0 bridgehead atoms. The molecule has 4 nitrogen and oxygen atoms in total. The minimum Gasteiger partial charge on any atom is -0.497 e. The zero-order chi connectivity index (χ0) is 19.7. The molecule has 4 rings (SSSR count). The Morgan fingerprint density at radius 1 is 0.893 bits per heavy atom. The van der Waals surface area contributed by atoms with Gasteiger partial charge in [0.05, 0.1) is 13.2 Å². The maximum atomic E-state index is 13.6. The zero-order valence-electron chi connectivity index (χ0n) is 15.0. The number of cyclic esters (lactones) is 1. The molecule has 0 unspecified atom stereocenters. The number of hydrogen-bond acceptors (Lipinski definition) is 3. The van der Waals surface area contributed by atoms with Gasteiger partial charge in [-0.25, -0.2) is 13.6 Å². The van der Waals surface area contributed by atoms with Crippen LogP contribution in [0.15, 0.2) is 66.7 Å². The average molecular weight is 381 g/mol. The number of methoxy groups -OCH3 is 1. The van der Waals surface area contributed by atoms with Crippen molar-refractivity contribution in [2.24, 2.45) is 0 Å². The molecule has 1 fully saturated rings. The minimum absolute atomic E-state index is 0.419. The van der Waals surface area contributed by atoms with Gasteiger partial charge in [0.1, 0.15) is 17.4 Å². The Kier molecular flexibility index (Phi) is 4.69. The first-order valence-electron chi connectivity index (χ1n) is 8.71. The van der Waals surface area contributed by atoms with Crippen molar-refractivity contribution in [1.29, 1.82) is 0 Å². The first kappa shape index (κ1) is 18.0. The number of amides is 1. The van der Waals surface area contributed by atoms with Gasteiger partial charge in [0, 0.05) is 6.07 Å². The standard InChI is InChI=1S/C22H17F2NO3/c1-27-19-7-3-6-15(11-19)21-20(25-22(26)28-21)14-5-2-4-13(8-14)16-9-17(23)12-18(24)10-16/h2-12,20-21H,1H3,(H,25,26)/t20-,21-/m1/s1. The Bertz CT molecular complexity index is 1020. The van der Waals surface area contributed by atoms with Crippen LogP contribution in [0.25, 0.3) is 11.1 Å². The van der Waals surface area contributed by atoms with Crippen molar-refractivity contribution in [2.45, 2.75) is 12.1 Å². The molecular weight excluding hydrogens is 364 g/mol. The van der Waals surface area contributed by atoms with Crippen molar-refractivity contribution in [2.75, 3.05) is 7.11 Å². The summed E-state index contributed by atoms with van der Waals surface area (Å²) < 4.78 is 37.9.